The molecule has 2 rings (SSSR count). The van der Waals surface area contributed by atoms with Crippen LogP contribution >= 0.6 is 0 Å². The topological polar surface area (TPSA) is 88.9 Å². The van der Waals surface area contributed by atoms with Crippen molar-refractivity contribution in [3.05, 3.63) is 53.6 Å². The fourth-order valence-corrected chi connectivity index (χ4v) is 4.65. The van der Waals surface area contributed by atoms with Gasteiger partial charge in [-0.05, 0) is 30.7 Å². The van der Waals surface area contributed by atoms with Gasteiger partial charge >= 0.3 is 5.97 Å². The molecule has 0 N–H and O–H groups in total. The van der Waals surface area contributed by atoms with Gasteiger partial charge in [-0.2, -0.15) is 4.31 Å². The number of rotatable bonds is 10. The number of carbonyl (C=O) groups excluding carboxylic acids is 2. The van der Waals surface area contributed by atoms with Gasteiger partial charge in [0.1, 0.15) is 16.4 Å². The predicted molar refractivity (Wildman–Crippen MR) is 113 cm³/mol. The summed E-state index contributed by atoms with van der Waals surface area (Å²) >= 11 is 0. The van der Waals surface area contributed by atoms with Gasteiger partial charge in [0.05, 0.1) is 0 Å². The van der Waals surface area contributed by atoms with Crippen molar-refractivity contribution in [2.45, 2.75) is 32.2 Å². The monoisotopic (exact) mass is 453 g/mol. The molecule has 31 heavy (non-hydrogen) atoms. The van der Waals surface area contributed by atoms with Crippen LogP contribution < -0.4 is 0 Å². The number of hydrogen-bond donors (Lipinski definition) is 0. The van der Waals surface area contributed by atoms with Gasteiger partial charge in [-0.1, -0.05) is 26.0 Å². The highest BCUT2D eigenvalue weighted by molar-refractivity contribution is 7.89. The van der Waals surface area contributed by atoms with Crippen LogP contribution in [-0.4, -0.2) is 60.3 Å². The van der Waals surface area contributed by atoms with E-state index in [0.717, 1.165) is 0 Å². The van der Waals surface area contributed by atoms with Gasteiger partial charge in [-0.3, -0.25) is 4.79 Å². The van der Waals surface area contributed by atoms with Crippen LogP contribution in [0.5, 0.6) is 0 Å². The van der Waals surface area contributed by atoms with E-state index in [1.54, 1.807) is 32.9 Å². The molecular formula is C21H28FN3O5S. The molecule has 0 fully saturated rings. The first kappa shape index (κ1) is 24.5. The zero-order chi connectivity index (χ0) is 23.2. The Balaban J connectivity index is 2.06. The van der Waals surface area contributed by atoms with Crippen molar-refractivity contribution >= 4 is 21.9 Å². The normalized spacial score (nSPS) is 11.5. The second kappa shape index (κ2) is 10.5. The Morgan fingerprint density at radius 1 is 1.10 bits per heavy atom. The summed E-state index contributed by atoms with van der Waals surface area (Å²) in [4.78, 5) is 26.3. The summed E-state index contributed by atoms with van der Waals surface area (Å²) in [5.74, 6) is -1.64. The molecule has 0 aliphatic carbocycles. The third kappa shape index (κ3) is 5.92. The number of amides is 1. The average Bonchev–Trinajstić information content (AvgIpc) is 3.13. The summed E-state index contributed by atoms with van der Waals surface area (Å²) in [7, 11) is -2.19. The Morgan fingerprint density at radius 2 is 1.77 bits per heavy atom. The van der Waals surface area contributed by atoms with Gasteiger partial charge in [-0.25, -0.2) is 17.6 Å². The average molecular weight is 454 g/mol. The number of carbonyl (C=O) groups is 2. The highest BCUT2D eigenvalue weighted by atomic mass is 32.2. The predicted octanol–water partition coefficient (Wildman–Crippen LogP) is 2.40. The summed E-state index contributed by atoms with van der Waals surface area (Å²) in [6.45, 7) is 5.86. The number of benzene rings is 1. The van der Waals surface area contributed by atoms with E-state index in [4.69, 9.17) is 4.74 Å². The maximum atomic E-state index is 13.4. The van der Waals surface area contributed by atoms with E-state index in [1.807, 2.05) is 0 Å². The van der Waals surface area contributed by atoms with Crippen molar-refractivity contribution < 1.29 is 27.1 Å². The molecule has 0 saturated carbocycles. The Labute approximate surface area is 182 Å². The van der Waals surface area contributed by atoms with Gasteiger partial charge in [-0.15, -0.1) is 0 Å². The minimum Gasteiger partial charge on any atom is -0.451 e. The van der Waals surface area contributed by atoms with Gasteiger partial charge in [0, 0.05) is 39.4 Å². The molecule has 0 bridgehead atoms. The van der Waals surface area contributed by atoms with Crippen LogP contribution in [0.1, 0.15) is 36.8 Å². The summed E-state index contributed by atoms with van der Waals surface area (Å²) in [6, 6.07) is 7.15. The molecule has 1 heterocycles. The van der Waals surface area contributed by atoms with E-state index in [0.29, 0.717) is 25.2 Å². The number of ether oxygens (including phenoxy) is 1. The second-order valence-electron chi connectivity index (χ2n) is 6.88. The van der Waals surface area contributed by atoms with Crippen molar-refractivity contribution in [3.63, 3.8) is 0 Å². The minimum absolute atomic E-state index is 0.0155. The number of sulfonamides is 1. The zero-order valence-corrected chi connectivity index (χ0v) is 19.0. The van der Waals surface area contributed by atoms with Crippen LogP contribution in [0.2, 0.25) is 0 Å². The molecule has 1 amide bonds. The lowest BCUT2D eigenvalue weighted by Gasteiger charge is -2.21. The summed E-state index contributed by atoms with van der Waals surface area (Å²) in [5, 5.41) is 0. The first-order valence-corrected chi connectivity index (χ1v) is 11.4. The summed E-state index contributed by atoms with van der Waals surface area (Å²) in [6.07, 6.45) is 1.34. The maximum Gasteiger partial charge on any atom is 0.355 e. The third-order valence-corrected chi connectivity index (χ3v) is 6.87. The van der Waals surface area contributed by atoms with E-state index in [-0.39, 0.29) is 17.1 Å². The minimum atomic E-state index is -3.72. The molecule has 1 aromatic carbocycles. The standard InChI is InChI=1S/C21H28FN3O5S/c1-5-24(13-16-9-8-10-17(22)11-16)20(26)15-30-21(27)19-12-18(14-23(19)4)31(28,29)25(6-2)7-3/h8-12,14H,5-7,13,15H2,1-4H3. The molecule has 10 heteroatoms. The second-order valence-corrected chi connectivity index (χ2v) is 8.81. The molecule has 2 aromatic rings. The molecule has 0 unspecified atom stereocenters. The number of aromatic nitrogens is 1. The number of halogens is 1. The molecule has 0 atom stereocenters. The van der Waals surface area contributed by atoms with E-state index in [9.17, 15) is 22.4 Å². The Kier molecular flexibility index (Phi) is 8.35. The first-order valence-electron chi connectivity index (χ1n) is 9.99. The number of nitrogens with zero attached hydrogens (tertiary/aromatic N) is 3. The Bertz CT molecular complexity index is 1030. The molecule has 0 saturated heterocycles. The molecule has 170 valence electrons. The van der Waals surface area contributed by atoms with Crippen molar-refractivity contribution in [3.8, 4) is 0 Å². The SMILES string of the molecule is CCN(Cc1cccc(F)c1)C(=O)COC(=O)c1cc(S(=O)(=O)N(CC)CC)cn1C. The van der Waals surface area contributed by atoms with Crippen molar-refractivity contribution in [1.29, 1.82) is 0 Å². The highest BCUT2D eigenvalue weighted by Gasteiger charge is 2.26. The maximum absolute atomic E-state index is 13.4. The van der Waals surface area contributed by atoms with Gasteiger partial charge in [0.2, 0.25) is 10.0 Å². The number of hydrogen-bond acceptors (Lipinski definition) is 5. The third-order valence-electron chi connectivity index (χ3n) is 4.86. The number of esters is 1. The van der Waals surface area contributed by atoms with Gasteiger partial charge in [0.25, 0.3) is 5.91 Å². The fourth-order valence-electron chi connectivity index (χ4n) is 3.12. The quantitative estimate of drug-likeness (QED) is 0.516. The summed E-state index contributed by atoms with van der Waals surface area (Å²) in [5.41, 5.74) is 0.641. The lowest BCUT2D eigenvalue weighted by atomic mass is 10.2. The Hall–Kier alpha value is -2.72. The first-order chi connectivity index (χ1) is 14.6. The van der Waals surface area contributed by atoms with E-state index in [2.05, 4.69) is 0 Å². The van der Waals surface area contributed by atoms with Crippen molar-refractivity contribution in [1.82, 2.24) is 13.8 Å². The van der Waals surface area contributed by atoms with Crippen LogP contribution in [0.25, 0.3) is 0 Å². The van der Waals surface area contributed by atoms with E-state index >= 15 is 0 Å². The van der Waals surface area contributed by atoms with E-state index in [1.165, 1.54) is 45.2 Å². The highest BCUT2D eigenvalue weighted by Crippen LogP contribution is 2.19. The van der Waals surface area contributed by atoms with Crippen LogP contribution in [0.15, 0.2) is 41.4 Å². The fraction of sp³-hybridized carbons (Fsp3) is 0.429. The van der Waals surface area contributed by atoms with Crippen molar-refractivity contribution in [2.75, 3.05) is 26.2 Å². The van der Waals surface area contributed by atoms with Crippen LogP contribution in [0.3, 0.4) is 0 Å². The van der Waals surface area contributed by atoms with Crippen molar-refractivity contribution in [2.24, 2.45) is 7.05 Å². The lowest BCUT2D eigenvalue weighted by Crippen LogP contribution is -2.34. The van der Waals surface area contributed by atoms with Gasteiger partial charge in [0.15, 0.2) is 6.61 Å². The summed E-state index contributed by atoms with van der Waals surface area (Å²) < 4.78 is 46.4. The molecule has 0 spiro atoms. The molecule has 8 nitrogen and oxygen atoms in total. The van der Waals surface area contributed by atoms with Gasteiger partial charge < -0.3 is 14.2 Å². The van der Waals surface area contributed by atoms with Crippen LogP contribution in [0.4, 0.5) is 4.39 Å². The van der Waals surface area contributed by atoms with E-state index < -0.39 is 34.3 Å². The molecule has 0 radical (unpaired) electrons. The molecule has 1 aromatic heterocycles. The number of aryl methyl sites for hydroxylation is 1. The van der Waals surface area contributed by atoms with Crippen LogP contribution in [0, 0.1) is 5.82 Å². The number of likely N-dealkylation sites (N-methyl/N-ethyl adjacent to an activating group) is 1. The Morgan fingerprint density at radius 3 is 2.35 bits per heavy atom. The molecule has 0 aliphatic heterocycles. The lowest BCUT2D eigenvalue weighted by molar-refractivity contribution is -0.135. The molecular weight excluding hydrogens is 425 g/mol. The largest absolute Gasteiger partial charge is 0.451 e. The zero-order valence-electron chi connectivity index (χ0n) is 18.2. The van der Waals surface area contributed by atoms with Crippen LogP contribution in [-0.2, 0) is 33.1 Å². The molecule has 0 aliphatic rings. The smallest absolute Gasteiger partial charge is 0.355 e.